The summed E-state index contributed by atoms with van der Waals surface area (Å²) >= 11 is 0. The van der Waals surface area contributed by atoms with Crippen LogP contribution in [0.2, 0.25) is 0 Å². The summed E-state index contributed by atoms with van der Waals surface area (Å²) < 4.78 is 23.2. The monoisotopic (exact) mass is 318 g/mol. The molecule has 2 fully saturated rings. The Morgan fingerprint density at radius 2 is 2.00 bits per heavy atom. The van der Waals surface area contributed by atoms with Crippen LogP contribution in [0.5, 0.6) is 0 Å². The lowest BCUT2D eigenvalue weighted by atomic mass is 10.1. The minimum Gasteiger partial charge on any atom is -0.480 e. The molecule has 0 spiro atoms. The first-order valence-corrected chi connectivity index (χ1v) is 9.01. The van der Waals surface area contributed by atoms with Gasteiger partial charge in [-0.05, 0) is 25.7 Å². The molecular weight excluding hydrogens is 296 g/mol. The fourth-order valence-corrected chi connectivity index (χ4v) is 4.98. The van der Waals surface area contributed by atoms with Crippen molar-refractivity contribution in [2.45, 2.75) is 38.8 Å². The Bertz CT molecular complexity index is 533. The lowest BCUT2D eigenvalue weighted by Crippen LogP contribution is -2.51. The van der Waals surface area contributed by atoms with E-state index in [1.165, 1.54) is 4.90 Å². The zero-order chi connectivity index (χ0) is 15.8. The minimum absolute atomic E-state index is 0.0209. The first kappa shape index (κ1) is 16.1. The van der Waals surface area contributed by atoms with Gasteiger partial charge in [-0.3, -0.25) is 4.79 Å². The molecule has 2 saturated heterocycles. The summed E-state index contributed by atoms with van der Waals surface area (Å²) in [7, 11) is -3.16. The van der Waals surface area contributed by atoms with Crippen LogP contribution in [-0.2, 0) is 14.6 Å². The number of hydrogen-bond donors (Lipinski definition) is 1. The molecule has 1 N–H and O–H groups in total. The molecule has 2 aliphatic rings. The number of carbonyl (C=O) groups excluding carboxylic acids is 1. The molecule has 0 radical (unpaired) electrons. The Kier molecular flexibility index (Phi) is 4.46. The molecule has 2 aliphatic heterocycles. The second kappa shape index (κ2) is 5.82. The van der Waals surface area contributed by atoms with E-state index in [9.17, 15) is 18.0 Å². The van der Waals surface area contributed by atoms with E-state index < -0.39 is 28.4 Å². The van der Waals surface area contributed by atoms with Gasteiger partial charge in [-0.1, -0.05) is 6.92 Å². The van der Waals surface area contributed by atoms with Crippen molar-refractivity contribution in [2.75, 3.05) is 24.6 Å². The molecule has 0 saturated carbocycles. The highest BCUT2D eigenvalue weighted by Gasteiger charge is 2.40. The second-order valence-electron chi connectivity index (χ2n) is 6.20. The molecule has 0 aromatic carbocycles. The van der Waals surface area contributed by atoms with Gasteiger partial charge in [0.25, 0.3) is 0 Å². The van der Waals surface area contributed by atoms with Gasteiger partial charge in [0, 0.05) is 18.6 Å². The molecule has 8 heteroatoms. The standard InChI is InChI=1S/C13H22N2O5S/c1-9-5-10(2)14(6-9)13(18)15(7-12(16)17)11-3-4-21(19,20)8-11/h9-11H,3-8H2,1-2H3,(H,16,17). The molecule has 120 valence electrons. The van der Waals surface area contributed by atoms with Crippen LogP contribution in [0.4, 0.5) is 4.79 Å². The number of urea groups is 1. The van der Waals surface area contributed by atoms with Gasteiger partial charge < -0.3 is 14.9 Å². The Morgan fingerprint density at radius 1 is 1.33 bits per heavy atom. The van der Waals surface area contributed by atoms with Crippen molar-refractivity contribution >= 4 is 21.8 Å². The van der Waals surface area contributed by atoms with Crippen LogP contribution in [0.3, 0.4) is 0 Å². The van der Waals surface area contributed by atoms with Gasteiger partial charge in [-0.25, -0.2) is 13.2 Å². The van der Waals surface area contributed by atoms with Crippen LogP contribution in [0.25, 0.3) is 0 Å². The molecule has 0 aromatic heterocycles. The van der Waals surface area contributed by atoms with Crippen molar-refractivity contribution in [1.82, 2.24) is 9.80 Å². The van der Waals surface area contributed by atoms with Crippen LogP contribution in [0.15, 0.2) is 0 Å². The molecule has 3 atom stereocenters. The maximum Gasteiger partial charge on any atom is 0.323 e. The van der Waals surface area contributed by atoms with Crippen LogP contribution in [-0.4, -0.2) is 72.0 Å². The van der Waals surface area contributed by atoms with E-state index in [0.29, 0.717) is 18.9 Å². The molecule has 21 heavy (non-hydrogen) atoms. The molecule has 0 aliphatic carbocycles. The number of sulfone groups is 1. The summed E-state index contributed by atoms with van der Waals surface area (Å²) in [5.74, 6) is -0.855. The number of carboxylic acids is 1. The van der Waals surface area contributed by atoms with Gasteiger partial charge in [-0.15, -0.1) is 0 Å². The summed E-state index contributed by atoms with van der Waals surface area (Å²) in [5, 5.41) is 9.02. The van der Waals surface area contributed by atoms with Gasteiger partial charge in [0.05, 0.1) is 11.5 Å². The number of carboxylic acid groups (broad SMARTS) is 1. The SMILES string of the molecule is CC1CC(C)N(C(=O)N(CC(=O)O)C2CCS(=O)(=O)C2)C1. The van der Waals surface area contributed by atoms with Gasteiger partial charge >= 0.3 is 12.0 Å². The quantitative estimate of drug-likeness (QED) is 0.813. The van der Waals surface area contributed by atoms with E-state index in [4.69, 9.17) is 5.11 Å². The van der Waals surface area contributed by atoms with Crippen molar-refractivity contribution in [1.29, 1.82) is 0 Å². The molecule has 2 rings (SSSR count). The average Bonchev–Trinajstić information content (AvgIpc) is 2.87. The predicted molar refractivity (Wildman–Crippen MR) is 76.7 cm³/mol. The van der Waals surface area contributed by atoms with Crippen LogP contribution < -0.4 is 0 Å². The van der Waals surface area contributed by atoms with Crippen molar-refractivity contribution in [2.24, 2.45) is 5.92 Å². The number of nitrogens with zero attached hydrogens (tertiary/aromatic N) is 2. The van der Waals surface area contributed by atoms with Gasteiger partial charge in [0.15, 0.2) is 9.84 Å². The van der Waals surface area contributed by atoms with Crippen molar-refractivity contribution in [3.63, 3.8) is 0 Å². The number of aliphatic carboxylic acids is 1. The summed E-state index contributed by atoms with van der Waals surface area (Å²) in [6.07, 6.45) is 1.20. The second-order valence-corrected chi connectivity index (χ2v) is 8.43. The Morgan fingerprint density at radius 3 is 2.43 bits per heavy atom. The molecule has 3 unspecified atom stereocenters. The third kappa shape index (κ3) is 3.66. The minimum atomic E-state index is -3.16. The van der Waals surface area contributed by atoms with Crippen LogP contribution in [0.1, 0.15) is 26.7 Å². The lowest BCUT2D eigenvalue weighted by Gasteiger charge is -2.33. The number of amides is 2. The fourth-order valence-electron chi connectivity index (χ4n) is 3.25. The number of hydrogen-bond acceptors (Lipinski definition) is 4. The Hall–Kier alpha value is -1.31. The van der Waals surface area contributed by atoms with E-state index in [0.717, 1.165) is 6.42 Å². The highest BCUT2D eigenvalue weighted by molar-refractivity contribution is 7.91. The highest BCUT2D eigenvalue weighted by Crippen LogP contribution is 2.26. The zero-order valence-electron chi connectivity index (χ0n) is 12.4. The summed E-state index contributed by atoms with van der Waals surface area (Å²) in [4.78, 5) is 26.5. The summed E-state index contributed by atoms with van der Waals surface area (Å²) in [5.41, 5.74) is 0. The molecule has 7 nitrogen and oxygen atoms in total. The third-order valence-electron chi connectivity index (χ3n) is 4.23. The molecule has 0 bridgehead atoms. The molecule has 0 aromatic rings. The molecule has 2 amide bonds. The van der Waals surface area contributed by atoms with E-state index >= 15 is 0 Å². The number of rotatable bonds is 3. The van der Waals surface area contributed by atoms with Crippen LogP contribution >= 0.6 is 0 Å². The number of likely N-dealkylation sites (tertiary alicyclic amines) is 1. The largest absolute Gasteiger partial charge is 0.480 e. The maximum atomic E-state index is 12.6. The van der Waals surface area contributed by atoms with Gasteiger partial charge in [-0.2, -0.15) is 0 Å². The first-order valence-electron chi connectivity index (χ1n) is 7.19. The van der Waals surface area contributed by atoms with Crippen molar-refractivity contribution < 1.29 is 23.1 Å². The summed E-state index contributed by atoms with van der Waals surface area (Å²) in [6.45, 7) is 4.13. The maximum absolute atomic E-state index is 12.6. The van der Waals surface area contributed by atoms with E-state index in [1.54, 1.807) is 4.90 Å². The van der Waals surface area contributed by atoms with E-state index in [1.807, 2.05) is 13.8 Å². The predicted octanol–water partition coefficient (Wildman–Crippen LogP) is 0.410. The van der Waals surface area contributed by atoms with Gasteiger partial charge in [0.2, 0.25) is 0 Å². The van der Waals surface area contributed by atoms with Crippen molar-refractivity contribution in [3.8, 4) is 0 Å². The van der Waals surface area contributed by atoms with Gasteiger partial charge in [0.1, 0.15) is 6.54 Å². The first-order chi connectivity index (χ1) is 9.69. The van der Waals surface area contributed by atoms with E-state index in [-0.39, 0.29) is 23.6 Å². The fraction of sp³-hybridized carbons (Fsp3) is 0.846. The number of carbonyl (C=O) groups is 2. The Labute approximate surface area is 124 Å². The zero-order valence-corrected chi connectivity index (χ0v) is 13.2. The topological polar surface area (TPSA) is 95.0 Å². The van der Waals surface area contributed by atoms with Crippen LogP contribution in [0, 0.1) is 5.92 Å². The lowest BCUT2D eigenvalue weighted by molar-refractivity contribution is -0.138. The van der Waals surface area contributed by atoms with E-state index in [2.05, 4.69) is 0 Å². The van der Waals surface area contributed by atoms with Crippen molar-refractivity contribution in [3.05, 3.63) is 0 Å². The third-order valence-corrected chi connectivity index (χ3v) is 5.98. The molecule has 2 heterocycles. The Balaban J connectivity index is 2.16. The smallest absolute Gasteiger partial charge is 0.323 e. The normalized spacial score (nSPS) is 31.3. The highest BCUT2D eigenvalue weighted by atomic mass is 32.2. The summed E-state index contributed by atoms with van der Waals surface area (Å²) in [6, 6.07) is -0.820. The average molecular weight is 318 g/mol. The molecular formula is C13H22N2O5S.